The Kier molecular flexibility index (Phi) is 5.78. The molecule has 2 aromatic carbocycles. The molecule has 0 aromatic heterocycles. The summed E-state index contributed by atoms with van der Waals surface area (Å²) in [4.78, 5) is 19.4. The van der Waals surface area contributed by atoms with Gasteiger partial charge in [-0.2, -0.15) is 0 Å². The molecular formula is C21H22N2O2S. The van der Waals surface area contributed by atoms with Gasteiger partial charge in [0.1, 0.15) is 5.75 Å². The molecule has 5 heteroatoms. The van der Waals surface area contributed by atoms with Gasteiger partial charge < -0.3 is 4.74 Å². The number of likely N-dealkylation sites (N-methyl/N-ethyl adjacent to an activating group) is 1. The quantitative estimate of drug-likeness (QED) is 0.698. The van der Waals surface area contributed by atoms with Gasteiger partial charge in [0.15, 0.2) is 5.17 Å². The highest BCUT2D eigenvalue weighted by Crippen LogP contribution is 2.34. The standard InChI is InChI=1S/C21H22N2O2S/c1-4-13-25-18-8-6-5-7-16(18)14-19-20(24)23(3)21(26-19)22-17-11-9-15(2)10-12-17/h5-12,14H,4,13H2,1-3H3/b19-14+,22-21?. The molecule has 3 rings (SSSR count). The second kappa shape index (κ2) is 8.23. The number of ether oxygens (including phenoxy) is 1. The molecule has 0 saturated carbocycles. The number of aliphatic imine (C=N–C) groups is 1. The molecule has 1 fully saturated rings. The van der Waals surface area contributed by atoms with Crippen molar-refractivity contribution in [2.45, 2.75) is 20.3 Å². The second-order valence-corrected chi connectivity index (χ2v) is 7.10. The number of carbonyl (C=O) groups is 1. The van der Waals surface area contributed by atoms with Crippen LogP contribution in [0.4, 0.5) is 5.69 Å². The Balaban J connectivity index is 1.87. The van der Waals surface area contributed by atoms with Gasteiger partial charge in [-0.3, -0.25) is 9.69 Å². The molecular weight excluding hydrogens is 344 g/mol. The fourth-order valence-electron chi connectivity index (χ4n) is 2.47. The summed E-state index contributed by atoms with van der Waals surface area (Å²) in [5, 5.41) is 0.678. The predicted molar refractivity (Wildman–Crippen MR) is 109 cm³/mol. The van der Waals surface area contributed by atoms with Crippen LogP contribution < -0.4 is 4.74 Å². The molecule has 0 spiro atoms. The molecule has 4 nitrogen and oxygen atoms in total. The van der Waals surface area contributed by atoms with Crippen LogP contribution in [0, 0.1) is 6.92 Å². The third kappa shape index (κ3) is 4.17. The van der Waals surface area contributed by atoms with Crippen molar-refractivity contribution in [2.75, 3.05) is 13.7 Å². The van der Waals surface area contributed by atoms with E-state index >= 15 is 0 Å². The summed E-state index contributed by atoms with van der Waals surface area (Å²) < 4.78 is 5.78. The summed E-state index contributed by atoms with van der Waals surface area (Å²) in [7, 11) is 1.75. The molecule has 0 atom stereocenters. The Bertz CT molecular complexity index is 857. The molecule has 1 amide bonds. The van der Waals surface area contributed by atoms with E-state index in [2.05, 4.69) is 11.9 Å². The fourth-order valence-corrected chi connectivity index (χ4v) is 3.44. The van der Waals surface area contributed by atoms with Crippen LogP contribution in [0.25, 0.3) is 6.08 Å². The van der Waals surface area contributed by atoms with Crippen molar-refractivity contribution in [3.63, 3.8) is 0 Å². The van der Waals surface area contributed by atoms with Crippen LogP contribution in [-0.4, -0.2) is 29.6 Å². The highest BCUT2D eigenvalue weighted by atomic mass is 32.2. The summed E-state index contributed by atoms with van der Waals surface area (Å²) >= 11 is 1.39. The molecule has 0 aliphatic carbocycles. The lowest BCUT2D eigenvalue weighted by Gasteiger charge is -2.08. The number of nitrogens with zero attached hydrogens (tertiary/aromatic N) is 2. The summed E-state index contributed by atoms with van der Waals surface area (Å²) in [5.41, 5.74) is 2.93. The van der Waals surface area contributed by atoms with E-state index < -0.39 is 0 Å². The van der Waals surface area contributed by atoms with Crippen molar-refractivity contribution >= 4 is 34.6 Å². The molecule has 0 N–H and O–H groups in total. The Morgan fingerprint density at radius 1 is 1.15 bits per heavy atom. The molecule has 0 unspecified atom stereocenters. The summed E-state index contributed by atoms with van der Waals surface area (Å²) in [6, 6.07) is 15.7. The van der Waals surface area contributed by atoms with E-state index in [4.69, 9.17) is 4.74 Å². The zero-order valence-corrected chi connectivity index (χ0v) is 16.0. The maximum absolute atomic E-state index is 12.6. The van der Waals surface area contributed by atoms with Gasteiger partial charge in [0.05, 0.1) is 17.2 Å². The highest BCUT2D eigenvalue weighted by Gasteiger charge is 2.30. The molecule has 2 aromatic rings. The topological polar surface area (TPSA) is 41.9 Å². The maximum Gasteiger partial charge on any atom is 0.266 e. The fraction of sp³-hybridized carbons (Fsp3) is 0.238. The van der Waals surface area contributed by atoms with Crippen LogP contribution >= 0.6 is 11.8 Å². The Hall–Kier alpha value is -2.53. The van der Waals surface area contributed by atoms with Crippen molar-refractivity contribution in [3.8, 4) is 5.75 Å². The zero-order valence-electron chi connectivity index (χ0n) is 15.2. The predicted octanol–water partition coefficient (Wildman–Crippen LogP) is 5.02. The Morgan fingerprint density at radius 2 is 1.88 bits per heavy atom. The van der Waals surface area contributed by atoms with Gasteiger partial charge in [-0.25, -0.2) is 4.99 Å². The van der Waals surface area contributed by atoms with Gasteiger partial charge in [0.25, 0.3) is 5.91 Å². The van der Waals surface area contributed by atoms with E-state index in [-0.39, 0.29) is 5.91 Å². The number of para-hydroxylation sites is 1. The van der Waals surface area contributed by atoms with Crippen LogP contribution in [0.3, 0.4) is 0 Å². The first-order chi connectivity index (χ1) is 12.6. The van der Waals surface area contributed by atoms with Crippen LogP contribution in [0.1, 0.15) is 24.5 Å². The second-order valence-electron chi connectivity index (χ2n) is 6.09. The molecule has 0 bridgehead atoms. The van der Waals surface area contributed by atoms with Crippen molar-refractivity contribution in [3.05, 3.63) is 64.6 Å². The number of carbonyl (C=O) groups excluding carboxylic acids is 1. The first kappa shape index (κ1) is 18.3. The van der Waals surface area contributed by atoms with Gasteiger partial charge in [0, 0.05) is 12.6 Å². The van der Waals surface area contributed by atoms with E-state index in [1.165, 1.54) is 17.3 Å². The van der Waals surface area contributed by atoms with Gasteiger partial charge in [-0.1, -0.05) is 42.8 Å². The van der Waals surface area contributed by atoms with Crippen LogP contribution in [0.5, 0.6) is 5.75 Å². The van der Waals surface area contributed by atoms with Crippen LogP contribution in [0.2, 0.25) is 0 Å². The Morgan fingerprint density at radius 3 is 2.62 bits per heavy atom. The number of amides is 1. The number of rotatable bonds is 5. The summed E-state index contributed by atoms with van der Waals surface area (Å²) in [6.45, 7) is 4.76. The van der Waals surface area contributed by atoms with Gasteiger partial charge in [-0.05, 0) is 49.4 Å². The normalized spacial score (nSPS) is 17.3. The van der Waals surface area contributed by atoms with Crippen molar-refractivity contribution < 1.29 is 9.53 Å². The molecule has 1 heterocycles. The van der Waals surface area contributed by atoms with E-state index in [0.29, 0.717) is 16.7 Å². The lowest BCUT2D eigenvalue weighted by atomic mass is 10.2. The average Bonchev–Trinajstić information content (AvgIpc) is 2.91. The zero-order chi connectivity index (χ0) is 18.5. The molecule has 134 valence electrons. The van der Waals surface area contributed by atoms with Gasteiger partial charge >= 0.3 is 0 Å². The molecule has 1 saturated heterocycles. The maximum atomic E-state index is 12.6. The largest absolute Gasteiger partial charge is 0.493 e. The molecule has 0 radical (unpaired) electrons. The molecule has 26 heavy (non-hydrogen) atoms. The SMILES string of the molecule is CCCOc1ccccc1/C=C1/SC(=Nc2ccc(C)cc2)N(C)C1=O. The van der Waals surface area contributed by atoms with Crippen LogP contribution in [0.15, 0.2) is 58.4 Å². The lowest BCUT2D eigenvalue weighted by molar-refractivity contribution is -0.121. The van der Waals surface area contributed by atoms with Crippen LogP contribution in [-0.2, 0) is 4.79 Å². The van der Waals surface area contributed by atoms with Crippen molar-refractivity contribution in [1.82, 2.24) is 4.90 Å². The number of hydrogen-bond acceptors (Lipinski definition) is 4. The van der Waals surface area contributed by atoms with E-state index in [1.807, 2.05) is 61.5 Å². The summed E-state index contributed by atoms with van der Waals surface area (Å²) in [6.07, 6.45) is 2.82. The van der Waals surface area contributed by atoms with Crippen molar-refractivity contribution in [2.24, 2.45) is 4.99 Å². The minimum Gasteiger partial charge on any atom is -0.493 e. The van der Waals surface area contributed by atoms with E-state index in [1.54, 1.807) is 11.9 Å². The number of benzene rings is 2. The minimum atomic E-state index is -0.0499. The van der Waals surface area contributed by atoms with Crippen molar-refractivity contribution in [1.29, 1.82) is 0 Å². The summed E-state index contributed by atoms with van der Waals surface area (Å²) in [5.74, 6) is 0.744. The van der Waals surface area contributed by atoms with E-state index in [9.17, 15) is 4.79 Å². The van der Waals surface area contributed by atoms with Gasteiger partial charge in [0.2, 0.25) is 0 Å². The van der Waals surface area contributed by atoms with Gasteiger partial charge in [-0.15, -0.1) is 0 Å². The number of hydrogen-bond donors (Lipinski definition) is 0. The third-order valence-electron chi connectivity index (χ3n) is 3.93. The molecule has 1 aliphatic rings. The lowest BCUT2D eigenvalue weighted by Crippen LogP contribution is -2.23. The minimum absolute atomic E-state index is 0.0499. The first-order valence-corrected chi connectivity index (χ1v) is 9.45. The number of aryl methyl sites for hydroxylation is 1. The third-order valence-corrected chi connectivity index (χ3v) is 4.99. The van der Waals surface area contributed by atoms with E-state index in [0.717, 1.165) is 23.4 Å². The molecule has 1 aliphatic heterocycles. The monoisotopic (exact) mass is 366 g/mol. The highest BCUT2D eigenvalue weighted by molar-refractivity contribution is 8.18. The Labute approximate surface area is 158 Å². The number of thioether (sulfide) groups is 1. The average molecular weight is 366 g/mol. The smallest absolute Gasteiger partial charge is 0.266 e. The first-order valence-electron chi connectivity index (χ1n) is 8.63. The number of amidine groups is 1.